The summed E-state index contributed by atoms with van der Waals surface area (Å²) in [6, 6.07) is 7.48. The molecule has 1 aromatic carbocycles. The van der Waals surface area contributed by atoms with E-state index in [1.54, 1.807) is 16.7 Å². The van der Waals surface area contributed by atoms with Crippen LogP contribution in [-0.2, 0) is 17.6 Å². The standard InChI is InChI=1S/C26H29F4N3O3Si/c1-37(2,3)13-12-36-16-33-22(17-8-10-32(11-9-17)25(34)35)14-20-23(18-4-6-19(27)7-5-18)21(26(28,29)30)15-31-24(20)33/h4-8,14-15H,9-13,16H2,1-3H3,(H,34,35). The average Bonchev–Trinajstić information content (AvgIpc) is 3.19. The van der Waals surface area contributed by atoms with Crippen molar-refractivity contribution in [1.82, 2.24) is 14.5 Å². The van der Waals surface area contributed by atoms with Gasteiger partial charge in [0, 0.05) is 50.6 Å². The molecule has 0 spiro atoms. The number of carbonyl (C=O) groups is 1. The molecule has 0 aliphatic carbocycles. The number of alkyl halides is 3. The smallest absolute Gasteiger partial charge is 0.418 e. The number of hydrogen-bond donors (Lipinski definition) is 1. The van der Waals surface area contributed by atoms with Gasteiger partial charge in [-0.3, -0.25) is 0 Å². The van der Waals surface area contributed by atoms with Gasteiger partial charge in [-0.2, -0.15) is 13.2 Å². The van der Waals surface area contributed by atoms with Crippen molar-refractivity contribution in [2.45, 2.75) is 45.0 Å². The first-order valence-electron chi connectivity index (χ1n) is 12.0. The van der Waals surface area contributed by atoms with E-state index in [1.165, 1.54) is 17.0 Å². The number of pyridine rings is 1. The fraction of sp³-hybridized carbons (Fsp3) is 0.385. The molecule has 2 aromatic heterocycles. The Morgan fingerprint density at radius 1 is 1.19 bits per heavy atom. The largest absolute Gasteiger partial charge is 0.465 e. The zero-order chi connectivity index (χ0) is 27.0. The SMILES string of the molecule is C[Si](C)(C)CCOCn1c(C2=CCN(C(=O)O)CC2)cc2c(-c3ccc(F)cc3)c(C(F)(F)F)cnc21. The number of aromatic nitrogens is 2. The van der Waals surface area contributed by atoms with Gasteiger partial charge in [0.2, 0.25) is 0 Å². The molecule has 198 valence electrons. The van der Waals surface area contributed by atoms with E-state index in [-0.39, 0.29) is 36.3 Å². The van der Waals surface area contributed by atoms with Gasteiger partial charge in [0.15, 0.2) is 0 Å². The maximum Gasteiger partial charge on any atom is 0.418 e. The normalized spacial score (nSPS) is 14.8. The lowest BCUT2D eigenvalue weighted by molar-refractivity contribution is -0.137. The summed E-state index contributed by atoms with van der Waals surface area (Å²) in [5.41, 5.74) is 0.981. The fourth-order valence-electron chi connectivity index (χ4n) is 4.35. The van der Waals surface area contributed by atoms with E-state index >= 15 is 0 Å². The third-order valence-corrected chi connectivity index (χ3v) is 8.09. The van der Waals surface area contributed by atoms with Crippen LogP contribution in [0.2, 0.25) is 25.7 Å². The second kappa shape index (κ2) is 10.3. The van der Waals surface area contributed by atoms with Gasteiger partial charge < -0.3 is 19.3 Å². The quantitative estimate of drug-likeness (QED) is 0.202. The molecule has 4 rings (SSSR count). The number of benzene rings is 1. The van der Waals surface area contributed by atoms with Crippen molar-refractivity contribution in [1.29, 1.82) is 0 Å². The second-order valence-corrected chi connectivity index (χ2v) is 15.9. The summed E-state index contributed by atoms with van der Waals surface area (Å²) < 4.78 is 63.5. The van der Waals surface area contributed by atoms with Crippen molar-refractivity contribution >= 4 is 30.8 Å². The summed E-state index contributed by atoms with van der Waals surface area (Å²) in [4.78, 5) is 16.8. The van der Waals surface area contributed by atoms with Gasteiger partial charge >= 0.3 is 12.3 Å². The number of amides is 1. The van der Waals surface area contributed by atoms with Crippen LogP contribution in [0.4, 0.5) is 22.4 Å². The van der Waals surface area contributed by atoms with Crippen molar-refractivity contribution in [3.8, 4) is 11.1 Å². The fourth-order valence-corrected chi connectivity index (χ4v) is 5.10. The van der Waals surface area contributed by atoms with E-state index in [9.17, 15) is 27.5 Å². The molecule has 11 heteroatoms. The molecule has 0 bridgehead atoms. The molecule has 0 unspecified atom stereocenters. The Morgan fingerprint density at radius 3 is 2.46 bits per heavy atom. The molecule has 1 aliphatic rings. The lowest BCUT2D eigenvalue weighted by Crippen LogP contribution is -2.33. The monoisotopic (exact) mass is 535 g/mol. The molecule has 37 heavy (non-hydrogen) atoms. The third kappa shape index (κ3) is 6.04. The molecule has 3 heterocycles. The number of fused-ring (bicyclic) bond motifs is 1. The van der Waals surface area contributed by atoms with Crippen LogP contribution in [0.5, 0.6) is 0 Å². The highest BCUT2D eigenvalue weighted by Gasteiger charge is 2.36. The lowest BCUT2D eigenvalue weighted by atomic mass is 9.97. The van der Waals surface area contributed by atoms with Gasteiger partial charge in [-0.05, 0) is 41.8 Å². The van der Waals surface area contributed by atoms with Crippen LogP contribution < -0.4 is 0 Å². The van der Waals surface area contributed by atoms with Crippen molar-refractivity contribution < 1.29 is 32.2 Å². The van der Waals surface area contributed by atoms with Crippen LogP contribution in [0.15, 0.2) is 42.6 Å². The Kier molecular flexibility index (Phi) is 7.47. The molecule has 1 N–H and O–H groups in total. The van der Waals surface area contributed by atoms with Crippen molar-refractivity contribution in [3.05, 3.63) is 59.7 Å². The highest BCUT2D eigenvalue weighted by Crippen LogP contribution is 2.42. The van der Waals surface area contributed by atoms with Gasteiger partial charge in [-0.1, -0.05) is 37.8 Å². The Balaban J connectivity index is 1.87. The van der Waals surface area contributed by atoms with Crippen LogP contribution in [-0.4, -0.2) is 53.4 Å². The summed E-state index contributed by atoms with van der Waals surface area (Å²) in [6.07, 6.45) is -2.72. The predicted molar refractivity (Wildman–Crippen MR) is 136 cm³/mol. The molecular formula is C26H29F4N3O3Si. The number of nitrogens with zero attached hydrogens (tertiary/aromatic N) is 3. The summed E-state index contributed by atoms with van der Waals surface area (Å²) in [7, 11) is -1.36. The van der Waals surface area contributed by atoms with E-state index in [0.717, 1.165) is 29.9 Å². The number of hydrogen-bond acceptors (Lipinski definition) is 3. The maximum absolute atomic E-state index is 14.1. The maximum atomic E-state index is 14.1. The van der Waals surface area contributed by atoms with Crippen LogP contribution in [0.1, 0.15) is 17.7 Å². The topological polar surface area (TPSA) is 67.6 Å². The molecule has 0 atom stereocenters. The number of ether oxygens (including phenoxy) is 1. The molecule has 0 fully saturated rings. The Morgan fingerprint density at radius 2 is 1.89 bits per heavy atom. The lowest BCUT2D eigenvalue weighted by Gasteiger charge is -2.24. The van der Waals surface area contributed by atoms with Gasteiger partial charge in [0.05, 0.1) is 5.56 Å². The molecule has 0 radical (unpaired) electrons. The van der Waals surface area contributed by atoms with E-state index in [4.69, 9.17) is 4.74 Å². The first-order valence-corrected chi connectivity index (χ1v) is 15.7. The van der Waals surface area contributed by atoms with Crippen LogP contribution >= 0.6 is 0 Å². The van der Waals surface area contributed by atoms with Crippen LogP contribution in [0, 0.1) is 5.82 Å². The molecule has 0 saturated heterocycles. The summed E-state index contributed by atoms with van der Waals surface area (Å²) in [5, 5.41) is 9.56. The zero-order valence-corrected chi connectivity index (χ0v) is 21.9. The van der Waals surface area contributed by atoms with Crippen molar-refractivity contribution in [3.63, 3.8) is 0 Å². The third-order valence-electron chi connectivity index (χ3n) is 6.39. The number of halogens is 4. The van der Waals surface area contributed by atoms with E-state index < -0.39 is 31.7 Å². The van der Waals surface area contributed by atoms with Crippen LogP contribution in [0.25, 0.3) is 27.7 Å². The Labute approximate surface area is 213 Å². The van der Waals surface area contributed by atoms with Crippen LogP contribution in [0.3, 0.4) is 0 Å². The first-order chi connectivity index (χ1) is 17.3. The highest BCUT2D eigenvalue weighted by atomic mass is 28.3. The zero-order valence-electron chi connectivity index (χ0n) is 20.9. The van der Waals surface area contributed by atoms with E-state index in [0.29, 0.717) is 24.4 Å². The highest BCUT2D eigenvalue weighted by molar-refractivity contribution is 6.76. The minimum Gasteiger partial charge on any atom is -0.465 e. The summed E-state index contributed by atoms with van der Waals surface area (Å²) in [6.45, 7) is 7.71. The molecule has 6 nitrogen and oxygen atoms in total. The second-order valence-electron chi connectivity index (χ2n) is 10.3. The minimum atomic E-state index is -4.67. The molecule has 1 amide bonds. The molecule has 3 aromatic rings. The van der Waals surface area contributed by atoms with Gasteiger partial charge in [0.1, 0.15) is 18.2 Å². The van der Waals surface area contributed by atoms with Crippen molar-refractivity contribution in [2.24, 2.45) is 0 Å². The summed E-state index contributed by atoms with van der Waals surface area (Å²) >= 11 is 0. The predicted octanol–water partition coefficient (Wildman–Crippen LogP) is 6.94. The van der Waals surface area contributed by atoms with E-state index in [1.807, 2.05) is 0 Å². The Hall–Kier alpha value is -3.18. The average molecular weight is 536 g/mol. The first kappa shape index (κ1) is 26.9. The Bertz CT molecular complexity index is 1330. The van der Waals surface area contributed by atoms with Gasteiger partial charge in [0.25, 0.3) is 0 Å². The molecular weight excluding hydrogens is 506 g/mol. The summed E-state index contributed by atoms with van der Waals surface area (Å²) in [5.74, 6) is -0.549. The van der Waals surface area contributed by atoms with E-state index in [2.05, 4.69) is 24.6 Å². The number of carboxylic acid groups (broad SMARTS) is 1. The van der Waals surface area contributed by atoms with Gasteiger partial charge in [-0.15, -0.1) is 0 Å². The minimum absolute atomic E-state index is 0.0804. The molecule has 0 saturated carbocycles. The van der Waals surface area contributed by atoms with Gasteiger partial charge in [-0.25, -0.2) is 14.2 Å². The number of rotatable bonds is 7. The molecule has 1 aliphatic heterocycles. The van der Waals surface area contributed by atoms with Crippen molar-refractivity contribution in [2.75, 3.05) is 19.7 Å².